The Morgan fingerprint density at radius 1 is 1.21 bits per heavy atom. The van der Waals surface area contributed by atoms with E-state index in [1.54, 1.807) is 6.07 Å². The second-order valence-electron chi connectivity index (χ2n) is 4.08. The summed E-state index contributed by atoms with van der Waals surface area (Å²) in [5.41, 5.74) is 3.09. The number of hydrogen-bond acceptors (Lipinski definition) is 4. The summed E-state index contributed by atoms with van der Waals surface area (Å²) >= 11 is 0. The van der Waals surface area contributed by atoms with Crippen LogP contribution in [-0.2, 0) is 6.61 Å². The van der Waals surface area contributed by atoms with E-state index in [0.29, 0.717) is 12.2 Å². The van der Waals surface area contributed by atoms with Gasteiger partial charge < -0.3 is 9.15 Å². The number of rotatable bonds is 3. The second kappa shape index (κ2) is 4.83. The third-order valence-electron chi connectivity index (χ3n) is 2.76. The highest BCUT2D eigenvalue weighted by Gasteiger charge is 2.02. The monoisotopic (exact) mass is 250 g/mol. The summed E-state index contributed by atoms with van der Waals surface area (Å²) in [6, 6.07) is 14.9. The Bertz CT molecular complexity index is 756. The Balaban J connectivity index is 1.76. The predicted octanol–water partition coefficient (Wildman–Crippen LogP) is 3.28. The highest BCUT2D eigenvalue weighted by atomic mass is 16.5. The molecule has 1 heterocycles. The number of fused-ring (bicyclic) bond motifs is 1. The van der Waals surface area contributed by atoms with Crippen LogP contribution in [0.2, 0.25) is 0 Å². The van der Waals surface area contributed by atoms with Crippen LogP contribution in [0.1, 0.15) is 11.1 Å². The van der Waals surface area contributed by atoms with Crippen molar-refractivity contribution in [3.8, 4) is 11.8 Å². The molecule has 0 atom stereocenters. The molecule has 0 bridgehead atoms. The van der Waals surface area contributed by atoms with Crippen LogP contribution < -0.4 is 4.74 Å². The Kier molecular flexibility index (Phi) is 2.87. The highest BCUT2D eigenvalue weighted by molar-refractivity contribution is 5.73. The minimum Gasteiger partial charge on any atom is -0.489 e. The van der Waals surface area contributed by atoms with E-state index in [1.807, 2.05) is 36.4 Å². The second-order valence-corrected chi connectivity index (χ2v) is 4.08. The maximum atomic E-state index is 8.83. The van der Waals surface area contributed by atoms with E-state index in [1.165, 1.54) is 6.39 Å². The molecule has 0 N–H and O–H groups in total. The molecule has 3 aromatic rings. The quantitative estimate of drug-likeness (QED) is 0.715. The number of ether oxygens (including phenoxy) is 1. The van der Waals surface area contributed by atoms with Crippen LogP contribution in [0.25, 0.3) is 11.1 Å². The Morgan fingerprint density at radius 2 is 2.16 bits per heavy atom. The standard InChI is InChI=1S/C15H10N2O2/c16-8-11-2-1-3-12(6-11)9-18-13-4-5-15-14(7-13)17-10-19-15/h1-7,10H,9H2. The zero-order chi connectivity index (χ0) is 13.1. The minimum atomic E-state index is 0.416. The molecule has 0 aliphatic heterocycles. The van der Waals surface area contributed by atoms with Gasteiger partial charge in [-0.05, 0) is 29.8 Å². The van der Waals surface area contributed by atoms with E-state index in [0.717, 1.165) is 22.4 Å². The molecule has 19 heavy (non-hydrogen) atoms. The lowest BCUT2D eigenvalue weighted by molar-refractivity contribution is 0.306. The third kappa shape index (κ3) is 2.40. The number of aromatic nitrogens is 1. The average molecular weight is 250 g/mol. The van der Waals surface area contributed by atoms with E-state index >= 15 is 0 Å². The van der Waals surface area contributed by atoms with Crippen molar-refractivity contribution in [2.24, 2.45) is 0 Å². The van der Waals surface area contributed by atoms with Crippen LogP contribution >= 0.6 is 0 Å². The first-order valence-corrected chi connectivity index (χ1v) is 5.80. The summed E-state index contributed by atoms with van der Waals surface area (Å²) in [5, 5.41) is 8.83. The molecule has 0 saturated carbocycles. The lowest BCUT2D eigenvalue weighted by Gasteiger charge is -2.06. The Morgan fingerprint density at radius 3 is 3.05 bits per heavy atom. The fourth-order valence-corrected chi connectivity index (χ4v) is 1.82. The van der Waals surface area contributed by atoms with Crippen molar-refractivity contribution in [3.05, 3.63) is 60.0 Å². The number of benzene rings is 2. The Labute approximate surface area is 109 Å². The molecule has 1 aromatic heterocycles. The van der Waals surface area contributed by atoms with E-state index in [2.05, 4.69) is 11.1 Å². The number of oxazole rings is 1. The molecule has 0 radical (unpaired) electrons. The minimum absolute atomic E-state index is 0.416. The molecule has 0 fully saturated rings. The highest BCUT2D eigenvalue weighted by Crippen LogP contribution is 2.20. The van der Waals surface area contributed by atoms with Gasteiger partial charge in [-0.3, -0.25) is 0 Å². The van der Waals surface area contributed by atoms with Gasteiger partial charge in [0.1, 0.15) is 17.9 Å². The van der Waals surface area contributed by atoms with Crippen molar-refractivity contribution in [3.63, 3.8) is 0 Å². The van der Waals surface area contributed by atoms with Gasteiger partial charge in [-0.25, -0.2) is 4.98 Å². The topological polar surface area (TPSA) is 59.0 Å². The van der Waals surface area contributed by atoms with E-state index < -0.39 is 0 Å². The molecule has 2 aromatic carbocycles. The third-order valence-corrected chi connectivity index (χ3v) is 2.76. The molecular formula is C15H10N2O2. The molecule has 0 amide bonds. The smallest absolute Gasteiger partial charge is 0.181 e. The summed E-state index contributed by atoms with van der Waals surface area (Å²) in [5.74, 6) is 0.726. The SMILES string of the molecule is N#Cc1cccc(COc2ccc3ocnc3c2)c1. The molecular weight excluding hydrogens is 240 g/mol. The van der Waals surface area contributed by atoms with E-state index in [4.69, 9.17) is 14.4 Å². The van der Waals surface area contributed by atoms with Gasteiger partial charge in [-0.1, -0.05) is 12.1 Å². The fraction of sp³-hybridized carbons (Fsp3) is 0.0667. The van der Waals surface area contributed by atoms with Crippen molar-refractivity contribution in [1.82, 2.24) is 4.98 Å². The maximum absolute atomic E-state index is 8.83. The molecule has 0 aliphatic carbocycles. The molecule has 0 aliphatic rings. The lowest BCUT2D eigenvalue weighted by Crippen LogP contribution is -1.95. The molecule has 0 unspecified atom stereocenters. The van der Waals surface area contributed by atoms with Crippen molar-refractivity contribution in [2.45, 2.75) is 6.61 Å². The predicted molar refractivity (Wildman–Crippen MR) is 69.5 cm³/mol. The van der Waals surface area contributed by atoms with E-state index in [9.17, 15) is 0 Å². The van der Waals surface area contributed by atoms with Crippen LogP contribution in [0.15, 0.2) is 53.3 Å². The number of nitriles is 1. The van der Waals surface area contributed by atoms with Crippen molar-refractivity contribution in [2.75, 3.05) is 0 Å². The molecule has 3 rings (SSSR count). The van der Waals surface area contributed by atoms with Crippen LogP contribution in [0.3, 0.4) is 0 Å². The number of nitrogens with zero attached hydrogens (tertiary/aromatic N) is 2. The molecule has 0 saturated heterocycles. The van der Waals surface area contributed by atoms with Crippen LogP contribution in [0.5, 0.6) is 5.75 Å². The maximum Gasteiger partial charge on any atom is 0.181 e. The van der Waals surface area contributed by atoms with Crippen molar-refractivity contribution < 1.29 is 9.15 Å². The van der Waals surface area contributed by atoms with Crippen LogP contribution in [0.4, 0.5) is 0 Å². The van der Waals surface area contributed by atoms with Crippen molar-refractivity contribution in [1.29, 1.82) is 5.26 Å². The molecule has 0 spiro atoms. The van der Waals surface area contributed by atoms with Gasteiger partial charge in [0.05, 0.1) is 11.6 Å². The first-order chi connectivity index (χ1) is 9.35. The molecule has 92 valence electrons. The summed E-state index contributed by atoms with van der Waals surface area (Å²) < 4.78 is 10.8. The lowest BCUT2D eigenvalue weighted by atomic mass is 10.1. The number of hydrogen-bond donors (Lipinski definition) is 0. The Hall–Kier alpha value is -2.80. The normalized spacial score (nSPS) is 10.3. The molecule has 4 nitrogen and oxygen atoms in total. The van der Waals surface area contributed by atoms with Gasteiger partial charge in [0, 0.05) is 6.07 Å². The van der Waals surface area contributed by atoms with Gasteiger partial charge in [0.2, 0.25) is 0 Å². The van der Waals surface area contributed by atoms with Gasteiger partial charge in [0.25, 0.3) is 0 Å². The van der Waals surface area contributed by atoms with Crippen LogP contribution in [0, 0.1) is 11.3 Å². The summed E-state index contributed by atoms with van der Waals surface area (Å²) in [4.78, 5) is 4.07. The summed E-state index contributed by atoms with van der Waals surface area (Å²) in [6.07, 6.45) is 1.41. The largest absolute Gasteiger partial charge is 0.489 e. The van der Waals surface area contributed by atoms with Gasteiger partial charge in [-0.2, -0.15) is 5.26 Å². The van der Waals surface area contributed by atoms with Gasteiger partial charge >= 0.3 is 0 Å². The first-order valence-electron chi connectivity index (χ1n) is 5.80. The molecule has 4 heteroatoms. The summed E-state index contributed by atoms with van der Waals surface area (Å²) in [6.45, 7) is 0.416. The fourth-order valence-electron chi connectivity index (χ4n) is 1.82. The van der Waals surface area contributed by atoms with E-state index in [-0.39, 0.29) is 0 Å². The summed E-state index contributed by atoms with van der Waals surface area (Å²) in [7, 11) is 0. The zero-order valence-corrected chi connectivity index (χ0v) is 10.0. The first kappa shape index (κ1) is 11.3. The van der Waals surface area contributed by atoms with Crippen LogP contribution in [-0.4, -0.2) is 4.98 Å². The van der Waals surface area contributed by atoms with Gasteiger partial charge in [0.15, 0.2) is 12.0 Å². The van der Waals surface area contributed by atoms with Crippen molar-refractivity contribution >= 4 is 11.1 Å². The van der Waals surface area contributed by atoms with Gasteiger partial charge in [-0.15, -0.1) is 0 Å². The average Bonchev–Trinajstić information content (AvgIpc) is 2.93. The zero-order valence-electron chi connectivity index (χ0n) is 10.0.